The molecule has 0 aliphatic heterocycles. The Balaban J connectivity index is 3.05. The van der Waals surface area contributed by atoms with Gasteiger partial charge in [-0.1, -0.05) is 6.92 Å². The molecule has 0 radical (unpaired) electrons. The van der Waals surface area contributed by atoms with Crippen molar-refractivity contribution in [2.24, 2.45) is 0 Å². The van der Waals surface area contributed by atoms with E-state index in [9.17, 15) is 4.79 Å². The van der Waals surface area contributed by atoms with Crippen molar-refractivity contribution >= 4 is 5.78 Å². The predicted molar refractivity (Wildman–Crippen MR) is 48.3 cm³/mol. The number of nitrogens with zero attached hydrogens (tertiary/aromatic N) is 1. The second-order valence-corrected chi connectivity index (χ2v) is 2.90. The molecular formula is C10H13NO. The molecule has 0 saturated carbocycles. The summed E-state index contributed by atoms with van der Waals surface area (Å²) in [6, 6.07) is 1.90. The number of hydrogen-bond acceptors (Lipinski definition) is 2. The first-order valence-electron chi connectivity index (χ1n) is 4.11. The zero-order chi connectivity index (χ0) is 9.14. The summed E-state index contributed by atoms with van der Waals surface area (Å²) in [5.74, 6) is 0.158. The Hall–Kier alpha value is -1.18. The van der Waals surface area contributed by atoms with E-state index in [1.54, 1.807) is 6.20 Å². The van der Waals surface area contributed by atoms with Gasteiger partial charge < -0.3 is 0 Å². The third kappa shape index (κ3) is 1.70. The quantitative estimate of drug-likeness (QED) is 0.626. The number of carbonyl (C=O) groups is 1. The number of Topliss-reactive ketones (excluding diaryl/α,β-unsaturated/α-hetero) is 1. The summed E-state index contributed by atoms with van der Waals surface area (Å²) in [6.45, 7) is 5.77. The van der Waals surface area contributed by atoms with E-state index in [1.807, 2.05) is 26.8 Å². The second kappa shape index (κ2) is 3.48. The zero-order valence-electron chi connectivity index (χ0n) is 7.72. The van der Waals surface area contributed by atoms with Crippen molar-refractivity contribution in [1.29, 1.82) is 0 Å². The lowest BCUT2D eigenvalue weighted by Crippen LogP contribution is -1.99. The lowest BCUT2D eigenvalue weighted by Gasteiger charge is -2.01. The monoisotopic (exact) mass is 163 g/mol. The lowest BCUT2D eigenvalue weighted by atomic mass is 10.1. The molecule has 0 fully saturated rings. The van der Waals surface area contributed by atoms with Gasteiger partial charge in [0.15, 0.2) is 5.78 Å². The maximum atomic E-state index is 11.2. The van der Waals surface area contributed by atoms with E-state index >= 15 is 0 Å². The van der Waals surface area contributed by atoms with Crippen LogP contribution in [0.4, 0.5) is 0 Å². The van der Waals surface area contributed by atoms with Crippen LogP contribution in [0.1, 0.15) is 35.0 Å². The summed E-state index contributed by atoms with van der Waals surface area (Å²) in [4.78, 5) is 15.4. The Morgan fingerprint density at radius 1 is 1.50 bits per heavy atom. The number of hydrogen-bond donors (Lipinski definition) is 0. The normalized spacial score (nSPS) is 9.92. The van der Waals surface area contributed by atoms with Gasteiger partial charge in [0.25, 0.3) is 0 Å². The average Bonchev–Trinajstić information content (AvgIpc) is 2.08. The zero-order valence-corrected chi connectivity index (χ0v) is 7.72. The van der Waals surface area contributed by atoms with Gasteiger partial charge in [-0.15, -0.1) is 0 Å². The first kappa shape index (κ1) is 8.91. The predicted octanol–water partition coefficient (Wildman–Crippen LogP) is 2.29. The molecule has 0 saturated heterocycles. The van der Waals surface area contributed by atoms with E-state index in [-0.39, 0.29) is 5.78 Å². The van der Waals surface area contributed by atoms with Gasteiger partial charge in [-0.2, -0.15) is 0 Å². The molecule has 1 heterocycles. The van der Waals surface area contributed by atoms with E-state index in [2.05, 4.69) is 4.98 Å². The van der Waals surface area contributed by atoms with Crippen LogP contribution >= 0.6 is 0 Å². The molecule has 0 N–H and O–H groups in total. The maximum Gasteiger partial charge on any atom is 0.164 e. The molecule has 0 aliphatic carbocycles. The van der Waals surface area contributed by atoms with Crippen LogP contribution in [0.2, 0.25) is 0 Å². The van der Waals surface area contributed by atoms with Crippen molar-refractivity contribution in [2.45, 2.75) is 27.2 Å². The van der Waals surface area contributed by atoms with Crippen LogP contribution in [-0.4, -0.2) is 10.8 Å². The largest absolute Gasteiger partial charge is 0.294 e. The van der Waals surface area contributed by atoms with Crippen molar-refractivity contribution in [2.75, 3.05) is 0 Å². The number of rotatable bonds is 2. The van der Waals surface area contributed by atoms with E-state index in [0.29, 0.717) is 6.42 Å². The fourth-order valence-electron chi connectivity index (χ4n) is 1.000. The molecule has 1 aromatic rings. The lowest BCUT2D eigenvalue weighted by molar-refractivity contribution is 0.0987. The van der Waals surface area contributed by atoms with Gasteiger partial charge >= 0.3 is 0 Å². The summed E-state index contributed by atoms with van der Waals surface area (Å²) < 4.78 is 0. The van der Waals surface area contributed by atoms with Gasteiger partial charge in [0.05, 0.1) is 0 Å². The highest BCUT2D eigenvalue weighted by Gasteiger charge is 2.03. The van der Waals surface area contributed by atoms with E-state index < -0.39 is 0 Å². The average molecular weight is 163 g/mol. The second-order valence-electron chi connectivity index (χ2n) is 2.90. The van der Waals surface area contributed by atoms with Crippen LogP contribution < -0.4 is 0 Å². The van der Waals surface area contributed by atoms with Crippen LogP contribution in [0.3, 0.4) is 0 Å². The summed E-state index contributed by atoms with van der Waals surface area (Å²) >= 11 is 0. The fourth-order valence-corrected chi connectivity index (χ4v) is 1.000. The number of aromatic nitrogens is 1. The maximum absolute atomic E-state index is 11.2. The first-order chi connectivity index (χ1) is 5.65. The van der Waals surface area contributed by atoms with Gasteiger partial charge in [0, 0.05) is 23.9 Å². The van der Waals surface area contributed by atoms with Crippen LogP contribution in [-0.2, 0) is 0 Å². The Bertz CT molecular complexity index is 305. The Kier molecular flexibility index (Phi) is 2.58. The van der Waals surface area contributed by atoms with Crippen molar-refractivity contribution in [3.05, 3.63) is 29.1 Å². The number of aryl methyl sites for hydroxylation is 2. The molecule has 0 spiro atoms. The van der Waals surface area contributed by atoms with Crippen LogP contribution in [0, 0.1) is 13.8 Å². The molecule has 2 heteroatoms. The van der Waals surface area contributed by atoms with Crippen LogP contribution in [0.5, 0.6) is 0 Å². The molecule has 0 aromatic carbocycles. The molecule has 64 valence electrons. The molecule has 2 nitrogen and oxygen atoms in total. The van der Waals surface area contributed by atoms with Crippen molar-refractivity contribution < 1.29 is 4.79 Å². The molecule has 0 bridgehead atoms. The fraction of sp³-hybridized carbons (Fsp3) is 0.400. The highest BCUT2D eigenvalue weighted by Crippen LogP contribution is 2.08. The Labute approximate surface area is 72.6 Å². The summed E-state index contributed by atoms with van der Waals surface area (Å²) in [5.41, 5.74) is 2.79. The molecule has 0 unspecified atom stereocenters. The van der Waals surface area contributed by atoms with Crippen LogP contribution in [0.25, 0.3) is 0 Å². The standard InChI is InChI=1S/C10H13NO/c1-4-10(12)9-5-7(2)8(3)11-6-9/h5-6H,4H2,1-3H3. The third-order valence-electron chi connectivity index (χ3n) is 1.98. The molecular weight excluding hydrogens is 150 g/mol. The Morgan fingerprint density at radius 3 is 2.67 bits per heavy atom. The summed E-state index contributed by atoms with van der Waals surface area (Å²) in [6.07, 6.45) is 2.19. The molecule has 1 rings (SSSR count). The molecule has 0 atom stereocenters. The minimum absolute atomic E-state index is 0.158. The first-order valence-corrected chi connectivity index (χ1v) is 4.11. The van der Waals surface area contributed by atoms with Gasteiger partial charge in [0.1, 0.15) is 0 Å². The highest BCUT2D eigenvalue weighted by atomic mass is 16.1. The van der Waals surface area contributed by atoms with Crippen LogP contribution in [0.15, 0.2) is 12.3 Å². The topological polar surface area (TPSA) is 30.0 Å². The van der Waals surface area contributed by atoms with Crippen molar-refractivity contribution in [3.8, 4) is 0 Å². The van der Waals surface area contributed by atoms with E-state index in [4.69, 9.17) is 0 Å². The summed E-state index contributed by atoms with van der Waals surface area (Å²) in [5, 5.41) is 0. The molecule has 12 heavy (non-hydrogen) atoms. The SMILES string of the molecule is CCC(=O)c1cnc(C)c(C)c1. The van der Waals surface area contributed by atoms with Crippen molar-refractivity contribution in [1.82, 2.24) is 4.98 Å². The van der Waals surface area contributed by atoms with Gasteiger partial charge in [-0.05, 0) is 25.5 Å². The highest BCUT2D eigenvalue weighted by molar-refractivity contribution is 5.95. The van der Waals surface area contributed by atoms with Gasteiger partial charge in [0.2, 0.25) is 0 Å². The molecule has 0 aliphatic rings. The molecule has 0 amide bonds. The number of carbonyl (C=O) groups excluding carboxylic acids is 1. The Morgan fingerprint density at radius 2 is 2.17 bits per heavy atom. The smallest absolute Gasteiger partial charge is 0.164 e. The van der Waals surface area contributed by atoms with Gasteiger partial charge in [-0.25, -0.2) is 0 Å². The van der Waals surface area contributed by atoms with E-state index in [0.717, 1.165) is 16.8 Å². The third-order valence-corrected chi connectivity index (χ3v) is 1.98. The summed E-state index contributed by atoms with van der Waals surface area (Å²) in [7, 11) is 0. The minimum atomic E-state index is 0.158. The van der Waals surface area contributed by atoms with Gasteiger partial charge in [-0.3, -0.25) is 9.78 Å². The number of pyridine rings is 1. The number of ketones is 1. The van der Waals surface area contributed by atoms with Crippen molar-refractivity contribution in [3.63, 3.8) is 0 Å². The molecule has 1 aromatic heterocycles. The minimum Gasteiger partial charge on any atom is -0.294 e. The van der Waals surface area contributed by atoms with E-state index in [1.165, 1.54) is 0 Å².